The van der Waals surface area contributed by atoms with Crippen molar-refractivity contribution < 1.29 is 28.6 Å². The number of piperidine rings is 1. The van der Waals surface area contributed by atoms with Crippen molar-refractivity contribution in [3.63, 3.8) is 0 Å². The van der Waals surface area contributed by atoms with E-state index in [0.29, 0.717) is 44.6 Å². The number of nitrogens with two attached hydrogens (primary N) is 1. The highest BCUT2D eigenvalue weighted by Crippen LogP contribution is 2.37. The minimum Gasteiger partial charge on any atom is -0.493 e. The highest BCUT2D eigenvalue weighted by molar-refractivity contribution is 6.32. The van der Waals surface area contributed by atoms with Gasteiger partial charge in [0.2, 0.25) is 5.91 Å². The normalized spacial score (nSPS) is 21.9. The van der Waals surface area contributed by atoms with Gasteiger partial charge < -0.3 is 29.7 Å². The van der Waals surface area contributed by atoms with Crippen molar-refractivity contribution in [1.82, 2.24) is 9.80 Å². The van der Waals surface area contributed by atoms with Crippen molar-refractivity contribution in [1.29, 1.82) is 0 Å². The number of ether oxygens (including phenoxy) is 3. The molecule has 2 aliphatic heterocycles. The van der Waals surface area contributed by atoms with Crippen LogP contribution in [0, 0.1) is 5.92 Å². The summed E-state index contributed by atoms with van der Waals surface area (Å²) >= 11 is 6.27. The van der Waals surface area contributed by atoms with Crippen LogP contribution in [0.1, 0.15) is 37.0 Å². The van der Waals surface area contributed by atoms with Gasteiger partial charge in [0.05, 0.1) is 24.3 Å². The molecule has 1 aromatic rings. The molecule has 2 heterocycles. The van der Waals surface area contributed by atoms with Crippen LogP contribution in [-0.2, 0) is 14.3 Å². The maximum absolute atomic E-state index is 13.0. The van der Waals surface area contributed by atoms with Crippen molar-refractivity contribution in [2.45, 2.75) is 38.9 Å². The minimum atomic E-state index is -0.651. The molecule has 0 aromatic heterocycles. The number of hydrogen-bond acceptors (Lipinski definition) is 6. The molecule has 0 saturated carbocycles. The average molecular weight is 468 g/mol. The van der Waals surface area contributed by atoms with Crippen molar-refractivity contribution in [2.24, 2.45) is 11.7 Å². The summed E-state index contributed by atoms with van der Waals surface area (Å²) < 4.78 is 16.3. The zero-order valence-corrected chi connectivity index (χ0v) is 19.4. The summed E-state index contributed by atoms with van der Waals surface area (Å²) in [6.45, 7) is 5.75. The Morgan fingerprint density at radius 1 is 1.12 bits per heavy atom. The second kappa shape index (κ2) is 10.4. The number of carbonyl (C=O) groups excluding carboxylic acids is 3. The summed E-state index contributed by atoms with van der Waals surface area (Å²) in [5.74, 6) is -0.419. The quantitative estimate of drug-likeness (QED) is 0.681. The summed E-state index contributed by atoms with van der Waals surface area (Å²) in [5, 5.41) is 0.148. The van der Waals surface area contributed by atoms with Gasteiger partial charge in [0.1, 0.15) is 0 Å². The Bertz CT molecular complexity index is 861. The molecule has 3 amide bonds. The molecular formula is C22H30ClN3O6. The maximum atomic E-state index is 13.0. The number of morpholine rings is 1. The van der Waals surface area contributed by atoms with Gasteiger partial charge in [-0.3, -0.25) is 14.4 Å². The van der Waals surface area contributed by atoms with Crippen LogP contribution in [0.25, 0.3) is 0 Å². The summed E-state index contributed by atoms with van der Waals surface area (Å²) in [5.41, 5.74) is 5.46. The second-order valence-electron chi connectivity index (χ2n) is 8.31. The standard InChI is InChI=1S/C22H30ClN3O6/c1-13-10-26(11-14(2)32-13)21(28)15-4-6-25(7-5-15)22(29)16-8-17(23)20(18(9-16)30-3)31-12-19(24)27/h8-9,13-15H,4-7,10-12H2,1-3H3,(H2,24,27)/t13-,14-/m0/s1. The lowest BCUT2D eigenvalue weighted by Gasteiger charge is -2.39. The van der Waals surface area contributed by atoms with Crippen molar-refractivity contribution >= 4 is 29.3 Å². The first-order chi connectivity index (χ1) is 15.2. The number of methoxy groups -OCH3 is 1. The molecular weight excluding hydrogens is 438 g/mol. The molecule has 10 heteroatoms. The smallest absolute Gasteiger partial charge is 0.255 e. The number of hydrogen-bond donors (Lipinski definition) is 1. The fourth-order valence-electron chi connectivity index (χ4n) is 4.25. The molecule has 2 aliphatic rings. The van der Waals surface area contributed by atoms with Crippen LogP contribution >= 0.6 is 11.6 Å². The van der Waals surface area contributed by atoms with E-state index in [9.17, 15) is 14.4 Å². The Hall–Kier alpha value is -2.52. The van der Waals surface area contributed by atoms with E-state index in [1.54, 1.807) is 4.90 Å². The highest BCUT2D eigenvalue weighted by atomic mass is 35.5. The molecule has 0 spiro atoms. The van der Waals surface area contributed by atoms with E-state index in [-0.39, 0.29) is 53.1 Å². The third-order valence-corrected chi connectivity index (χ3v) is 5.98. The van der Waals surface area contributed by atoms with Crippen molar-refractivity contribution in [3.8, 4) is 11.5 Å². The number of halogens is 1. The molecule has 2 fully saturated rings. The van der Waals surface area contributed by atoms with E-state index in [1.807, 2.05) is 18.7 Å². The van der Waals surface area contributed by atoms with Crippen LogP contribution in [0.2, 0.25) is 5.02 Å². The number of amides is 3. The van der Waals surface area contributed by atoms with Crippen molar-refractivity contribution in [3.05, 3.63) is 22.7 Å². The molecule has 2 saturated heterocycles. The first-order valence-corrected chi connectivity index (χ1v) is 11.1. The first kappa shape index (κ1) is 24.1. The largest absolute Gasteiger partial charge is 0.493 e. The molecule has 9 nitrogen and oxygen atoms in total. The summed E-state index contributed by atoms with van der Waals surface area (Å²) in [6.07, 6.45) is 1.27. The van der Waals surface area contributed by atoms with Gasteiger partial charge in [0.25, 0.3) is 11.8 Å². The van der Waals surface area contributed by atoms with Gasteiger partial charge in [-0.25, -0.2) is 0 Å². The fraction of sp³-hybridized carbons (Fsp3) is 0.591. The Morgan fingerprint density at radius 3 is 2.31 bits per heavy atom. The van der Waals surface area contributed by atoms with Crippen LogP contribution in [-0.4, -0.2) is 79.6 Å². The van der Waals surface area contributed by atoms with Gasteiger partial charge in [-0.15, -0.1) is 0 Å². The van der Waals surface area contributed by atoms with E-state index in [1.165, 1.54) is 19.2 Å². The predicted molar refractivity (Wildman–Crippen MR) is 118 cm³/mol. The zero-order valence-electron chi connectivity index (χ0n) is 18.6. The summed E-state index contributed by atoms with van der Waals surface area (Å²) in [6, 6.07) is 3.01. The van der Waals surface area contributed by atoms with Crippen LogP contribution < -0.4 is 15.2 Å². The molecule has 176 valence electrons. The monoisotopic (exact) mass is 467 g/mol. The Labute approximate surface area is 192 Å². The Kier molecular flexibility index (Phi) is 7.84. The molecule has 32 heavy (non-hydrogen) atoms. The van der Waals surface area contributed by atoms with Gasteiger partial charge >= 0.3 is 0 Å². The van der Waals surface area contributed by atoms with Crippen LogP contribution in [0.4, 0.5) is 0 Å². The third-order valence-electron chi connectivity index (χ3n) is 5.70. The second-order valence-corrected chi connectivity index (χ2v) is 8.72. The molecule has 3 rings (SSSR count). The maximum Gasteiger partial charge on any atom is 0.255 e. The summed E-state index contributed by atoms with van der Waals surface area (Å²) in [4.78, 5) is 40.6. The SMILES string of the molecule is COc1cc(C(=O)N2CCC(C(=O)N3C[C@H](C)O[C@@H](C)C3)CC2)cc(Cl)c1OCC(N)=O. The topological polar surface area (TPSA) is 111 Å². The van der Waals surface area contributed by atoms with E-state index in [2.05, 4.69) is 0 Å². The lowest BCUT2D eigenvalue weighted by atomic mass is 9.94. The van der Waals surface area contributed by atoms with Crippen LogP contribution in [0.15, 0.2) is 12.1 Å². The molecule has 0 aliphatic carbocycles. The number of rotatable bonds is 6. The van der Waals surface area contributed by atoms with Crippen molar-refractivity contribution in [2.75, 3.05) is 39.9 Å². The molecule has 2 atom stereocenters. The average Bonchev–Trinajstić information content (AvgIpc) is 2.76. The van der Waals surface area contributed by atoms with Crippen LogP contribution in [0.3, 0.4) is 0 Å². The number of benzene rings is 1. The van der Waals surface area contributed by atoms with Gasteiger partial charge in [0, 0.05) is 37.7 Å². The third kappa shape index (κ3) is 5.63. The van der Waals surface area contributed by atoms with Crippen LogP contribution in [0.5, 0.6) is 11.5 Å². The van der Waals surface area contributed by atoms with E-state index in [4.69, 9.17) is 31.5 Å². The number of primary amides is 1. The molecule has 0 radical (unpaired) electrons. The van der Waals surface area contributed by atoms with Gasteiger partial charge in [-0.05, 0) is 38.8 Å². The minimum absolute atomic E-state index is 0.0269. The molecule has 0 unspecified atom stereocenters. The highest BCUT2D eigenvalue weighted by Gasteiger charge is 2.34. The van der Waals surface area contributed by atoms with E-state index < -0.39 is 5.91 Å². The van der Waals surface area contributed by atoms with E-state index >= 15 is 0 Å². The lowest BCUT2D eigenvalue weighted by Crippen LogP contribution is -2.51. The van der Waals surface area contributed by atoms with E-state index in [0.717, 1.165) is 0 Å². The summed E-state index contributed by atoms with van der Waals surface area (Å²) in [7, 11) is 1.42. The lowest BCUT2D eigenvalue weighted by molar-refractivity contribution is -0.148. The van der Waals surface area contributed by atoms with Gasteiger partial charge in [-0.1, -0.05) is 11.6 Å². The Balaban J connectivity index is 1.63. The molecule has 0 bridgehead atoms. The zero-order chi connectivity index (χ0) is 23.4. The number of carbonyl (C=O) groups is 3. The Morgan fingerprint density at radius 2 is 1.75 bits per heavy atom. The molecule has 1 aromatic carbocycles. The number of nitrogens with zero attached hydrogens (tertiary/aromatic N) is 2. The first-order valence-electron chi connectivity index (χ1n) is 10.7. The molecule has 2 N–H and O–H groups in total. The van der Waals surface area contributed by atoms with Gasteiger partial charge in [0.15, 0.2) is 18.1 Å². The number of likely N-dealkylation sites (tertiary alicyclic amines) is 1. The van der Waals surface area contributed by atoms with Gasteiger partial charge in [-0.2, -0.15) is 0 Å². The fourth-order valence-corrected chi connectivity index (χ4v) is 4.52. The predicted octanol–water partition coefficient (Wildman–Crippen LogP) is 1.70.